The minimum Gasteiger partial charge on any atom is -0.464 e. The van der Waals surface area contributed by atoms with Crippen molar-refractivity contribution >= 4 is 16.5 Å². The molecule has 0 aliphatic carbocycles. The lowest BCUT2D eigenvalue weighted by Crippen LogP contribution is -2.10. The Kier molecular flexibility index (Phi) is 2.21. The third-order valence-corrected chi connectivity index (χ3v) is 3.52. The molecule has 1 aliphatic rings. The summed E-state index contributed by atoms with van der Waals surface area (Å²) in [4.78, 5) is 0. The quantitative estimate of drug-likeness (QED) is 0.690. The molecular weight excluding hydrogens is 234 g/mol. The maximum Gasteiger partial charge on any atom is 0.197 e. The van der Waals surface area contributed by atoms with Gasteiger partial charge >= 0.3 is 0 Å². The van der Waals surface area contributed by atoms with Gasteiger partial charge in [-0.1, -0.05) is 54.6 Å². The smallest absolute Gasteiger partial charge is 0.197 e. The standard InChI is InChI=1S/C17H13NO/c1-2-8-13-12(6-1)7-5-9-14(13)17-18-15-10-3-4-11-16(15)19-17/h1-11,17-18H/t17-/m1/s1. The van der Waals surface area contributed by atoms with Crippen molar-refractivity contribution < 1.29 is 4.74 Å². The van der Waals surface area contributed by atoms with Gasteiger partial charge in [-0.3, -0.25) is 0 Å². The van der Waals surface area contributed by atoms with Crippen LogP contribution in [-0.4, -0.2) is 0 Å². The van der Waals surface area contributed by atoms with Crippen LogP contribution in [0.5, 0.6) is 5.75 Å². The van der Waals surface area contributed by atoms with Gasteiger partial charge < -0.3 is 10.1 Å². The Bertz CT molecular complexity index is 721. The molecule has 0 aromatic heterocycles. The number of anilines is 1. The van der Waals surface area contributed by atoms with E-state index in [9.17, 15) is 0 Å². The number of ether oxygens (including phenoxy) is 1. The molecule has 3 aromatic carbocycles. The van der Waals surface area contributed by atoms with Crippen LogP contribution in [0.3, 0.4) is 0 Å². The molecule has 0 saturated heterocycles. The lowest BCUT2D eigenvalue weighted by Gasteiger charge is -2.14. The molecule has 1 atom stereocenters. The first kappa shape index (κ1) is 10.4. The summed E-state index contributed by atoms with van der Waals surface area (Å²) in [6.45, 7) is 0. The molecule has 4 rings (SSSR count). The van der Waals surface area contributed by atoms with Gasteiger partial charge in [-0.2, -0.15) is 0 Å². The zero-order valence-electron chi connectivity index (χ0n) is 10.3. The molecule has 0 bridgehead atoms. The summed E-state index contributed by atoms with van der Waals surface area (Å²) in [5, 5.41) is 5.89. The van der Waals surface area contributed by atoms with E-state index in [1.54, 1.807) is 0 Å². The number of rotatable bonds is 1. The third kappa shape index (κ3) is 1.65. The molecule has 1 heterocycles. The Morgan fingerprint density at radius 3 is 2.53 bits per heavy atom. The molecule has 3 aromatic rings. The minimum atomic E-state index is -0.108. The molecule has 2 heteroatoms. The topological polar surface area (TPSA) is 21.3 Å². The van der Waals surface area contributed by atoms with Crippen LogP contribution in [0.1, 0.15) is 11.8 Å². The SMILES string of the molecule is c1ccc2c(c1)N[C@@H](c1cccc3ccccc13)O2. The van der Waals surface area contributed by atoms with Gasteiger partial charge in [-0.25, -0.2) is 0 Å². The van der Waals surface area contributed by atoms with Gasteiger partial charge in [0.2, 0.25) is 0 Å². The molecule has 19 heavy (non-hydrogen) atoms. The van der Waals surface area contributed by atoms with Crippen LogP contribution in [0.15, 0.2) is 66.7 Å². The predicted octanol–water partition coefficient (Wildman–Crippen LogP) is 4.34. The summed E-state index contributed by atoms with van der Waals surface area (Å²) in [5.74, 6) is 0.917. The van der Waals surface area contributed by atoms with E-state index in [1.807, 2.05) is 24.3 Å². The van der Waals surface area contributed by atoms with Crippen LogP contribution in [-0.2, 0) is 0 Å². The average Bonchev–Trinajstić information content (AvgIpc) is 2.90. The van der Waals surface area contributed by atoms with Crippen LogP contribution in [0.25, 0.3) is 10.8 Å². The Labute approximate surface area is 111 Å². The molecular formula is C17H13NO. The number of para-hydroxylation sites is 2. The Balaban J connectivity index is 1.81. The molecule has 0 spiro atoms. The van der Waals surface area contributed by atoms with E-state index in [4.69, 9.17) is 4.74 Å². The van der Waals surface area contributed by atoms with E-state index in [0.717, 1.165) is 11.4 Å². The van der Waals surface area contributed by atoms with E-state index in [2.05, 4.69) is 47.8 Å². The van der Waals surface area contributed by atoms with Crippen molar-refractivity contribution in [2.24, 2.45) is 0 Å². The van der Waals surface area contributed by atoms with E-state index in [-0.39, 0.29) is 6.23 Å². The fourth-order valence-electron chi connectivity index (χ4n) is 2.61. The Morgan fingerprint density at radius 1 is 0.789 bits per heavy atom. The summed E-state index contributed by atoms with van der Waals surface area (Å²) in [7, 11) is 0. The highest BCUT2D eigenvalue weighted by Crippen LogP contribution is 2.39. The second-order valence-electron chi connectivity index (χ2n) is 4.71. The number of hydrogen-bond donors (Lipinski definition) is 1. The fraction of sp³-hybridized carbons (Fsp3) is 0.0588. The van der Waals surface area contributed by atoms with Crippen molar-refractivity contribution in [2.45, 2.75) is 6.23 Å². The highest BCUT2D eigenvalue weighted by Gasteiger charge is 2.23. The zero-order chi connectivity index (χ0) is 12.7. The average molecular weight is 247 g/mol. The molecule has 0 unspecified atom stereocenters. The summed E-state index contributed by atoms with van der Waals surface area (Å²) in [5.41, 5.74) is 2.23. The van der Waals surface area contributed by atoms with Crippen molar-refractivity contribution in [3.63, 3.8) is 0 Å². The molecule has 0 saturated carbocycles. The van der Waals surface area contributed by atoms with E-state index in [0.29, 0.717) is 0 Å². The number of fused-ring (bicyclic) bond motifs is 2. The van der Waals surface area contributed by atoms with Gasteiger partial charge in [0.05, 0.1) is 5.69 Å². The van der Waals surface area contributed by atoms with Crippen molar-refractivity contribution in [3.05, 3.63) is 72.3 Å². The normalized spacial score (nSPS) is 16.7. The lowest BCUT2D eigenvalue weighted by molar-refractivity contribution is 0.261. The summed E-state index contributed by atoms with van der Waals surface area (Å²) in [6, 6.07) is 22.7. The van der Waals surface area contributed by atoms with Gasteiger partial charge in [-0.15, -0.1) is 0 Å². The van der Waals surface area contributed by atoms with Gasteiger partial charge in [0.25, 0.3) is 0 Å². The maximum atomic E-state index is 5.99. The molecule has 1 N–H and O–H groups in total. The minimum absolute atomic E-state index is 0.108. The van der Waals surface area contributed by atoms with Crippen LogP contribution in [0, 0.1) is 0 Å². The van der Waals surface area contributed by atoms with Gasteiger partial charge in [0, 0.05) is 5.56 Å². The second-order valence-corrected chi connectivity index (χ2v) is 4.71. The van der Waals surface area contributed by atoms with Gasteiger partial charge in [-0.05, 0) is 22.9 Å². The molecule has 92 valence electrons. The van der Waals surface area contributed by atoms with Crippen molar-refractivity contribution in [1.82, 2.24) is 0 Å². The monoisotopic (exact) mass is 247 g/mol. The van der Waals surface area contributed by atoms with E-state index in [1.165, 1.54) is 16.3 Å². The highest BCUT2D eigenvalue weighted by molar-refractivity contribution is 5.86. The fourth-order valence-corrected chi connectivity index (χ4v) is 2.61. The van der Waals surface area contributed by atoms with Crippen LogP contribution >= 0.6 is 0 Å². The first-order chi connectivity index (χ1) is 9.42. The zero-order valence-corrected chi connectivity index (χ0v) is 10.3. The molecule has 2 nitrogen and oxygen atoms in total. The van der Waals surface area contributed by atoms with Crippen LogP contribution in [0.4, 0.5) is 5.69 Å². The number of hydrogen-bond acceptors (Lipinski definition) is 2. The van der Waals surface area contributed by atoms with Gasteiger partial charge in [0.15, 0.2) is 6.23 Å². The third-order valence-electron chi connectivity index (χ3n) is 3.52. The van der Waals surface area contributed by atoms with Gasteiger partial charge in [0.1, 0.15) is 5.75 Å². The number of benzene rings is 3. The van der Waals surface area contributed by atoms with Crippen LogP contribution < -0.4 is 10.1 Å². The van der Waals surface area contributed by atoms with Crippen molar-refractivity contribution in [1.29, 1.82) is 0 Å². The summed E-state index contributed by atoms with van der Waals surface area (Å²) < 4.78 is 5.99. The van der Waals surface area contributed by atoms with Crippen molar-refractivity contribution in [3.8, 4) is 5.75 Å². The largest absolute Gasteiger partial charge is 0.464 e. The number of nitrogens with one attached hydrogen (secondary N) is 1. The molecule has 0 amide bonds. The predicted molar refractivity (Wildman–Crippen MR) is 77.4 cm³/mol. The summed E-state index contributed by atoms with van der Waals surface area (Å²) >= 11 is 0. The highest BCUT2D eigenvalue weighted by atomic mass is 16.5. The maximum absolute atomic E-state index is 5.99. The Morgan fingerprint density at radius 2 is 1.58 bits per heavy atom. The Hall–Kier alpha value is -2.48. The van der Waals surface area contributed by atoms with Crippen molar-refractivity contribution in [2.75, 3.05) is 5.32 Å². The van der Waals surface area contributed by atoms with E-state index < -0.39 is 0 Å². The second kappa shape index (κ2) is 4.02. The first-order valence-corrected chi connectivity index (χ1v) is 6.42. The van der Waals surface area contributed by atoms with Crippen LogP contribution in [0.2, 0.25) is 0 Å². The van der Waals surface area contributed by atoms with E-state index >= 15 is 0 Å². The first-order valence-electron chi connectivity index (χ1n) is 6.42. The molecule has 0 radical (unpaired) electrons. The molecule has 0 fully saturated rings. The summed E-state index contributed by atoms with van der Waals surface area (Å²) in [6.07, 6.45) is -0.108. The lowest BCUT2D eigenvalue weighted by atomic mass is 10.0. The molecule has 1 aliphatic heterocycles.